The Morgan fingerprint density at radius 2 is 1.75 bits per heavy atom. The summed E-state index contributed by atoms with van der Waals surface area (Å²) < 4.78 is 5.04. The molecule has 20 heavy (non-hydrogen) atoms. The SMILES string of the molecule is COc1ccc(NC(=O)[C@H]2CCCC[C@@H]2C(=O)[O-])cc1. The van der Waals surface area contributed by atoms with E-state index in [0.29, 0.717) is 24.3 Å². The van der Waals surface area contributed by atoms with Crippen molar-refractivity contribution in [2.45, 2.75) is 25.7 Å². The average Bonchev–Trinajstić information content (AvgIpc) is 2.48. The highest BCUT2D eigenvalue weighted by Crippen LogP contribution is 2.30. The summed E-state index contributed by atoms with van der Waals surface area (Å²) in [5, 5.41) is 13.9. The van der Waals surface area contributed by atoms with Gasteiger partial charge in [0, 0.05) is 23.5 Å². The highest BCUT2D eigenvalue weighted by atomic mass is 16.5. The molecule has 0 aromatic heterocycles. The molecular weight excluding hydrogens is 258 g/mol. The first-order valence-corrected chi connectivity index (χ1v) is 6.77. The fraction of sp³-hybridized carbons (Fsp3) is 0.467. The van der Waals surface area contributed by atoms with E-state index in [1.807, 2.05) is 0 Å². The van der Waals surface area contributed by atoms with E-state index in [-0.39, 0.29) is 5.91 Å². The number of hydrogen-bond acceptors (Lipinski definition) is 4. The second-order valence-electron chi connectivity index (χ2n) is 5.03. The smallest absolute Gasteiger partial charge is 0.228 e. The standard InChI is InChI=1S/C15H19NO4/c1-20-11-8-6-10(7-9-11)16-14(17)12-4-2-3-5-13(12)15(18)19/h6-9,12-13H,2-5H2,1H3,(H,16,17)(H,18,19)/p-1/t12-,13-/m0/s1. The molecule has 1 saturated carbocycles. The van der Waals surface area contributed by atoms with E-state index < -0.39 is 17.8 Å². The minimum Gasteiger partial charge on any atom is -0.550 e. The van der Waals surface area contributed by atoms with Crippen LogP contribution in [0.3, 0.4) is 0 Å². The summed E-state index contributed by atoms with van der Waals surface area (Å²) in [7, 11) is 1.57. The molecule has 1 fully saturated rings. The first-order chi connectivity index (χ1) is 9.61. The van der Waals surface area contributed by atoms with Crippen molar-refractivity contribution in [3.05, 3.63) is 24.3 Å². The van der Waals surface area contributed by atoms with Crippen molar-refractivity contribution in [1.29, 1.82) is 0 Å². The third kappa shape index (κ3) is 3.29. The summed E-state index contributed by atoms with van der Waals surface area (Å²) in [6.07, 6.45) is 2.83. The number of carbonyl (C=O) groups is 2. The van der Waals surface area contributed by atoms with E-state index in [4.69, 9.17) is 4.74 Å². The number of rotatable bonds is 4. The molecule has 108 valence electrons. The first-order valence-electron chi connectivity index (χ1n) is 6.77. The number of aliphatic carboxylic acids is 1. The van der Waals surface area contributed by atoms with Crippen molar-refractivity contribution < 1.29 is 19.4 Å². The lowest BCUT2D eigenvalue weighted by molar-refractivity contribution is -0.313. The zero-order chi connectivity index (χ0) is 14.5. The van der Waals surface area contributed by atoms with Crippen LogP contribution in [0.4, 0.5) is 5.69 Å². The van der Waals surface area contributed by atoms with Gasteiger partial charge in [-0.25, -0.2) is 0 Å². The molecular formula is C15H18NO4-. The number of ether oxygens (including phenoxy) is 1. The van der Waals surface area contributed by atoms with Crippen LogP contribution in [0.5, 0.6) is 5.75 Å². The van der Waals surface area contributed by atoms with Crippen LogP contribution < -0.4 is 15.2 Å². The molecule has 1 aliphatic rings. The molecule has 1 amide bonds. The normalized spacial score (nSPS) is 22.1. The molecule has 1 aromatic rings. The van der Waals surface area contributed by atoms with Crippen molar-refractivity contribution in [2.75, 3.05) is 12.4 Å². The van der Waals surface area contributed by atoms with Gasteiger partial charge in [0.05, 0.1) is 7.11 Å². The van der Waals surface area contributed by atoms with Crippen LogP contribution in [-0.2, 0) is 9.59 Å². The molecule has 0 bridgehead atoms. The van der Waals surface area contributed by atoms with Gasteiger partial charge in [0.15, 0.2) is 0 Å². The number of methoxy groups -OCH3 is 1. The molecule has 2 rings (SSSR count). The highest BCUT2D eigenvalue weighted by Gasteiger charge is 2.31. The van der Waals surface area contributed by atoms with Crippen molar-refractivity contribution in [3.8, 4) is 5.75 Å². The topological polar surface area (TPSA) is 78.5 Å². The van der Waals surface area contributed by atoms with Gasteiger partial charge >= 0.3 is 0 Å². The molecule has 0 heterocycles. The van der Waals surface area contributed by atoms with Crippen molar-refractivity contribution in [1.82, 2.24) is 0 Å². The van der Waals surface area contributed by atoms with Gasteiger partial charge in [0.25, 0.3) is 0 Å². The Hall–Kier alpha value is -2.04. The number of carboxylic acids is 1. The maximum absolute atomic E-state index is 12.2. The molecule has 0 unspecified atom stereocenters. The Labute approximate surface area is 117 Å². The van der Waals surface area contributed by atoms with Crippen LogP contribution in [0.25, 0.3) is 0 Å². The number of benzene rings is 1. The molecule has 0 aliphatic heterocycles. The van der Waals surface area contributed by atoms with Crippen LogP contribution >= 0.6 is 0 Å². The molecule has 5 nitrogen and oxygen atoms in total. The molecule has 0 spiro atoms. The van der Waals surface area contributed by atoms with Crippen molar-refractivity contribution >= 4 is 17.6 Å². The van der Waals surface area contributed by atoms with Gasteiger partial charge in [0.1, 0.15) is 5.75 Å². The number of anilines is 1. The summed E-state index contributed by atoms with van der Waals surface area (Å²) >= 11 is 0. The summed E-state index contributed by atoms with van der Waals surface area (Å²) in [5.41, 5.74) is 0.637. The van der Waals surface area contributed by atoms with E-state index >= 15 is 0 Å². The van der Waals surface area contributed by atoms with Crippen LogP contribution in [-0.4, -0.2) is 19.0 Å². The molecule has 5 heteroatoms. The van der Waals surface area contributed by atoms with E-state index in [9.17, 15) is 14.7 Å². The van der Waals surface area contributed by atoms with Gasteiger partial charge in [0.2, 0.25) is 5.91 Å². The summed E-state index contributed by atoms with van der Waals surface area (Å²) in [4.78, 5) is 23.3. The Morgan fingerprint density at radius 3 is 2.30 bits per heavy atom. The lowest BCUT2D eigenvalue weighted by atomic mass is 9.78. The second-order valence-corrected chi connectivity index (χ2v) is 5.03. The molecule has 1 N–H and O–H groups in total. The minimum atomic E-state index is -1.13. The average molecular weight is 276 g/mol. The lowest BCUT2D eigenvalue weighted by Crippen LogP contribution is -2.42. The number of carbonyl (C=O) groups excluding carboxylic acids is 2. The van der Waals surface area contributed by atoms with Crippen LogP contribution in [0, 0.1) is 11.8 Å². The van der Waals surface area contributed by atoms with Gasteiger partial charge in [-0.15, -0.1) is 0 Å². The Balaban J connectivity index is 2.03. The van der Waals surface area contributed by atoms with Gasteiger partial charge in [-0.05, 0) is 37.1 Å². The van der Waals surface area contributed by atoms with Crippen LogP contribution in [0.15, 0.2) is 24.3 Å². The molecule has 0 radical (unpaired) electrons. The Kier molecular flexibility index (Phi) is 4.61. The fourth-order valence-corrected chi connectivity index (χ4v) is 2.64. The quantitative estimate of drug-likeness (QED) is 0.896. The lowest BCUT2D eigenvalue weighted by Gasteiger charge is -2.31. The molecule has 0 saturated heterocycles. The Bertz CT molecular complexity index is 483. The summed E-state index contributed by atoms with van der Waals surface area (Å²) in [6, 6.07) is 6.95. The van der Waals surface area contributed by atoms with E-state index in [2.05, 4.69) is 5.32 Å². The van der Waals surface area contributed by atoms with Gasteiger partial charge in [-0.3, -0.25) is 4.79 Å². The second kappa shape index (κ2) is 6.41. The third-order valence-electron chi connectivity index (χ3n) is 3.76. The zero-order valence-corrected chi connectivity index (χ0v) is 11.4. The van der Waals surface area contributed by atoms with Crippen molar-refractivity contribution in [3.63, 3.8) is 0 Å². The van der Waals surface area contributed by atoms with Crippen LogP contribution in [0.1, 0.15) is 25.7 Å². The predicted octanol–water partition coefficient (Wildman–Crippen LogP) is 1.19. The number of carboxylic acid groups (broad SMARTS) is 1. The summed E-state index contributed by atoms with van der Waals surface area (Å²) in [5.74, 6) is -1.85. The van der Waals surface area contributed by atoms with E-state index in [0.717, 1.165) is 12.8 Å². The first kappa shape index (κ1) is 14.4. The summed E-state index contributed by atoms with van der Waals surface area (Å²) in [6.45, 7) is 0. The number of hydrogen-bond donors (Lipinski definition) is 1. The van der Waals surface area contributed by atoms with Gasteiger partial charge < -0.3 is 20.0 Å². The number of nitrogens with one attached hydrogen (secondary N) is 1. The zero-order valence-electron chi connectivity index (χ0n) is 11.4. The highest BCUT2D eigenvalue weighted by molar-refractivity contribution is 5.95. The molecule has 1 aliphatic carbocycles. The molecule has 2 atom stereocenters. The van der Waals surface area contributed by atoms with Crippen molar-refractivity contribution in [2.24, 2.45) is 11.8 Å². The monoisotopic (exact) mass is 276 g/mol. The maximum atomic E-state index is 12.2. The van der Waals surface area contributed by atoms with Gasteiger partial charge in [-0.1, -0.05) is 12.8 Å². The third-order valence-corrected chi connectivity index (χ3v) is 3.76. The minimum absolute atomic E-state index is 0.246. The predicted molar refractivity (Wildman–Crippen MR) is 72.1 cm³/mol. The molecule has 1 aromatic carbocycles. The van der Waals surface area contributed by atoms with E-state index in [1.165, 1.54) is 0 Å². The maximum Gasteiger partial charge on any atom is 0.228 e. The number of amides is 1. The largest absolute Gasteiger partial charge is 0.550 e. The van der Waals surface area contributed by atoms with E-state index in [1.54, 1.807) is 31.4 Å². The fourth-order valence-electron chi connectivity index (χ4n) is 2.64. The van der Waals surface area contributed by atoms with Crippen LogP contribution in [0.2, 0.25) is 0 Å². The Morgan fingerprint density at radius 1 is 1.15 bits per heavy atom. The van der Waals surface area contributed by atoms with Gasteiger partial charge in [-0.2, -0.15) is 0 Å².